The molecule has 0 bridgehead atoms. The molecule has 1 saturated carbocycles. The summed E-state index contributed by atoms with van der Waals surface area (Å²) in [7, 11) is 4.82. The molecule has 3 rings (SSSR count). The third kappa shape index (κ3) is 5.55. The van der Waals surface area contributed by atoms with Gasteiger partial charge in [-0.2, -0.15) is 5.26 Å². The predicted molar refractivity (Wildman–Crippen MR) is 127 cm³/mol. The first-order valence-electron chi connectivity index (χ1n) is 11.0. The van der Waals surface area contributed by atoms with E-state index < -0.39 is 0 Å². The number of hydrogen-bond donors (Lipinski definition) is 3. The van der Waals surface area contributed by atoms with Gasteiger partial charge in [-0.05, 0) is 43.4 Å². The van der Waals surface area contributed by atoms with Crippen molar-refractivity contribution in [3.8, 4) is 17.7 Å². The molecule has 0 aliphatic heterocycles. The first-order valence-corrected chi connectivity index (χ1v) is 11.0. The van der Waals surface area contributed by atoms with Crippen LogP contribution < -0.4 is 25.4 Å². The zero-order valence-electron chi connectivity index (χ0n) is 19.4. The number of para-hydroxylation sites is 1. The Balaban J connectivity index is 1.77. The molecule has 2 aromatic carbocycles. The van der Waals surface area contributed by atoms with Crippen LogP contribution in [0.5, 0.6) is 11.5 Å². The maximum absolute atomic E-state index is 13.1. The van der Waals surface area contributed by atoms with Crippen LogP contribution >= 0.6 is 0 Å². The van der Waals surface area contributed by atoms with Gasteiger partial charge in [0.2, 0.25) is 12.2 Å². The first kappa shape index (κ1) is 23.9. The summed E-state index contributed by atoms with van der Waals surface area (Å²) in [5, 5.41) is 18.2. The van der Waals surface area contributed by atoms with E-state index in [0.717, 1.165) is 25.7 Å². The van der Waals surface area contributed by atoms with Crippen LogP contribution in [0.25, 0.3) is 0 Å². The third-order valence-electron chi connectivity index (χ3n) is 6.30. The largest absolute Gasteiger partial charge is 0.493 e. The van der Waals surface area contributed by atoms with Crippen molar-refractivity contribution < 1.29 is 14.3 Å². The van der Waals surface area contributed by atoms with Gasteiger partial charge in [0.25, 0.3) is 5.91 Å². The molecule has 3 N–H and O–H groups in total. The van der Waals surface area contributed by atoms with E-state index in [9.17, 15) is 4.79 Å². The lowest BCUT2D eigenvalue weighted by Crippen LogP contribution is -2.49. The standard InChI is InChI=1S/C25H31N5O3/c1-27-24(29-17-26)30-19-12-14-25(15-13-19,18-8-5-4-6-9-18)16-28-23(31)20-10-7-11-21(32-2)22(20)33-3/h4-11,19H,12-16H2,1-3H3,(H,28,31)(H2,27,29,30)/t19-,25-. The van der Waals surface area contributed by atoms with Crippen LogP contribution in [0.2, 0.25) is 0 Å². The number of nitriles is 1. The number of hydrogen-bond acceptors (Lipinski definition) is 5. The van der Waals surface area contributed by atoms with Crippen molar-refractivity contribution in [2.45, 2.75) is 37.1 Å². The highest BCUT2D eigenvalue weighted by Gasteiger charge is 2.37. The first-order chi connectivity index (χ1) is 16.1. The topological polar surface area (TPSA) is 108 Å². The molecule has 33 heavy (non-hydrogen) atoms. The highest BCUT2D eigenvalue weighted by Crippen LogP contribution is 2.39. The Bertz CT molecular complexity index is 1010. The molecule has 1 fully saturated rings. The van der Waals surface area contributed by atoms with E-state index in [1.807, 2.05) is 24.4 Å². The number of carbonyl (C=O) groups excluding carboxylic acids is 1. The van der Waals surface area contributed by atoms with Gasteiger partial charge < -0.3 is 25.4 Å². The summed E-state index contributed by atoms with van der Waals surface area (Å²) >= 11 is 0. The molecule has 2 aromatic rings. The fourth-order valence-corrected chi connectivity index (χ4v) is 4.49. The minimum absolute atomic E-state index is 0.187. The van der Waals surface area contributed by atoms with Crippen LogP contribution in [0.1, 0.15) is 41.6 Å². The number of amides is 1. The number of benzene rings is 2. The lowest BCUT2D eigenvalue weighted by molar-refractivity contribution is 0.0931. The van der Waals surface area contributed by atoms with Crippen LogP contribution in [-0.2, 0) is 5.41 Å². The average Bonchev–Trinajstić information content (AvgIpc) is 2.87. The van der Waals surface area contributed by atoms with Gasteiger partial charge in [-0.1, -0.05) is 36.4 Å². The summed E-state index contributed by atoms with van der Waals surface area (Å²) in [6, 6.07) is 15.8. The molecule has 0 aromatic heterocycles. The van der Waals surface area contributed by atoms with Crippen molar-refractivity contribution in [1.29, 1.82) is 5.26 Å². The molecule has 8 nitrogen and oxygen atoms in total. The van der Waals surface area contributed by atoms with Gasteiger partial charge in [0.15, 0.2) is 11.5 Å². The Kier molecular flexibility index (Phi) is 8.14. The number of ether oxygens (including phenoxy) is 2. The van der Waals surface area contributed by atoms with E-state index in [-0.39, 0.29) is 17.4 Å². The number of nitrogens with one attached hydrogen (secondary N) is 3. The van der Waals surface area contributed by atoms with Gasteiger partial charge in [-0.25, -0.2) is 0 Å². The molecule has 174 valence electrons. The molecule has 8 heteroatoms. The van der Waals surface area contributed by atoms with E-state index in [4.69, 9.17) is 14.7 Å². The molecule has 0 saturated heterocycles. The fourth-order valence-electron chi connectivity index (χ4n) is 4.49. The number of aliphatic imine (C=N–C) groups is 1. The van der Waals surface area contributed by atoms with Crippen LogP contribution in [0.4, 0.5) is 0 Å². The van der Waals surface area contributed by atoms with Crippen molar-refractivity contribution in [1.82, 2.24) is 16.0 Å². The van der Waals surface area contributed by atoms with E-state index in [2.05, 4.69) is 33.1 Å². The Hall–Kier alpha value is -3.73. The lowest BCUT2D eigenvalue weighted by Gasteiger charge is -2.41. The van der Waals surface area contributed by atoms with Crippen LogP contribution in [0.3, 0.4) is 0 Å². The van der Waals surface area contributed by atoms with E-state index in [1.54, 1.807) is 32.4 Å². The van der Waals surface area contributed by atoms with Crippen LogP contribution in [0, 0.1) is 11.5 Å². The maximum Gasteiger partial charge on any atom is 0.255 e. The summed E-state index contributed by atoms with van der Waals surface area (Å²) < 4.78 is 10.8. The number of rotatable bonds is 7. The highest BCUT2D eigenvalue weighted by molar-refractivity contribution is 5.97. The van der Waals surface area contributed by atoms with Gasteiger partial charge in [0, 0.05) is 25.0 Å². The Morgan fingerprint density at radius 3 is 2.45 bits per heavy atom. The van der Waals surface area contributed by atoms with Crippen molar-refractivity contribution in [3.63, 3.8) is 0 Å². The molecule has 0 radical (unpaired) electrons. The van der Waals surface area contributed by atoms with Gasteiger partial charge in [0.05, 0.1) is 19.8 Å². The third-order valence-corrected chi connectivity index (χ3v) is 6.30. The van der Waals surface area contributed by atoms with Crippen LogP contribution in [-0.4, -0.2) is 45.7 Å². The predicted octanol–water partition coefficient (Wildman–Crippen LogP) is 2.96. The minimum Gasteiger partial charge on any atom is -0.493 e. The fraction of sp³-hybridized carbons (Fsp3) is 0.400. The molecule has 1 aliphatic carbocycles. The second-order valence-corrected chi connectivity index (χ2v) is 8.10. The highest BCUT2D eigenvalue weighted by atomic mass is 16.5. The molecule has 1 amide bonds. The van der Waals surface area contributed by atoms with Crippen molar-refractivity contribution in [2.75, 3.05) is 27.8 Å². The van der Waals surface area contributed by atoms with Gasteiger partial charge >= 0.3 is 0 Å². The maximum atomic E-state index is 13.1. The summed E-state index contributed by atoms with van der Waals surface area (Å²) in [6.07, 6.45) is 5.35. The van der Waals surface area contributed by atoms with Gasteiger partial charge in [-0.3, -0.25) is 4.79 Å². The van der Waals surface area contributed by atoms with Crippen molar-refractivity contribution >= 4 is 11.9 Å². The van der Waals surface area contributed by atoms with Crippen molar-refractivity contribution in [2.24, 2.45) is 4.99 Å². The Labute approximate surface area is 195 Å². The molecule has 0 unspecified atom stereocenters. The van der Waals surface area contributed by atoms with E-state index in [1.165, 1.54) is 12.7 Å². The molecule has 0 heterocycles. The lowest BCUT2D eigenvalue weighted by atomic mass is 9.68. The quantitative estimate of drug-likeness (QED) is 0.341. The summed E-state index contributed by atoms with van der Waals surface area (Å²) in [5.74, 6) is 1.23. The van der Waals surface area contributed by atoms with Gasteiger partial charge in [0.1, 0.15) is 0 Å². The van der Waals surface area contributed by atoms with Gasteiger partial charge in [-0.15, -0.1) is 4.99 Å². The second kappa shape index (κ2) is 11.2. The number of guanidine groups is 1. The molecule has 0 atom stereocenters. The molecule has 1 aliphatic rings. The molecular weight excluding hydrogens is 418 g/mol. The summed E-state index contributed by atoms with van der Waals surface area (Å²) in [5.41, 5.74) is 1.47. The SMILES string of the molecule is CN/C(=N\C#N)N[C@H]1CC[C@](CNC(=O)c2cccc(OC)c2OC)(c2ccccc2)CC1. The smallest absolute Gasteiger partial charge is 0.255 e. The number of carbonyl (C=O) groups is 1. The summed E-state index contributed by atoms with van der Waals surface area (Å²) in [6.45, 7) is 0.508. The van der Waals surface area contributed by atoms with Crippen molar-refractivity contribution in [3.05, 3.63) is 59.7 Å². The number of nitrogens with zero attached hydrogens (tertiary/aromatic N) is 2. The van der Waals surface area contributed by atoms with E-state index in [0.29, 0.717) is 29.6 Å². The zero-order chi connectivity index (χ0) is 23.7. The Morgan fingerprint density at radius 2 is 1.85 bits per heavy atom. The van der Waals surface area contributed by atoms with Crippen LogP contribution in [0.15, 0.2) is 53.5 Å². The van der Waals surface area contributed by atoms with E-state index >= 15 is 0 Å². The normalized spacial score (nSPS) is 20.3. The minimum atomic E-state index is -0.195. The molecular formula is C25H31N5O3. The number of methoxy groups -OCH3 is 2. The molecule has 0 spiro atoms. The monoisotopic (exact) mass is 449 g/mol. The summed E-state index contributed by atoms with van der Waals surface area (Å²) in [4.78, 5) is 16.9. The zero-order valence-corrected chi connectivity index (χ0v) is 19.4. The second-order valence-electron chi connectivity index (χ2n) is 8.10. The Morgan fingerprint density at radius 1 is 1.12 bits per heavy atom. The average molecular weight is 450 g/mol.